The summed E-state index contributed by atoms with van der Waals surface area (Å²) in [7, 11) is 0. The van der Waals surface area contributed by atoms with Crippen molar-refractivity contribution < 1.29 is 22.7 Å². The first kappa shape index (κ1) is 15.0. The van der Waals surface area contributed by atoms with Gasteiger partial charge in [-0.05, 0) is 12.8 Å². The Labute approximate surface area is 93.5 Å². The van der Waals surface area contributed by atoms with Crippen LogP contribution in [0.15, 0.2) is 12.7 Å². The van der Waals surface area contributed by atoms with Crippen LogP contribution in [-0.4, -0.2) is 18.2 Å². The van der Waals surface area contributed by atoms with Crippen molar-refractivity contribution in [1.29, 1.82) is 0 Å². The van der Waals surface area contributed by atoms with Crippen molar-refractivity contribution in [2.24, 2.45) is 0 Å². The van der Waals surface area contributed by atoms with Crippen LogP contribution in [0.4, 0.5) is 13.2 Å². The highest BCUT2D eigenvalue weighted by Gasteiger charge is 2.33. The minimum atomic E-state index is -4.31. The number of ether oxygens (including phenoxy) is 1. The molecule has 0 aromatic rings. The van der Waals surface area contributed by atoms with Gasteiger partial charge in [-0.2, -0.15) is 13.2 Å². The average Bonchev–Trinajstić information content (AvgIpc) is 2.15. The Kier molecular flexibility index (Phi) is 6.85. The van der Waals surface area contributed by atoms with Gasteiger partial charge in [0.25, 0.3) is 0 Å². The number of unbranched alkanes of at least 4 members (excludes halogenated alkanes) is 2. The standard InChI is InChI=1S/C11H17F3O2/c1-3-5-6-7-9(8-11(12,13)14)16-10(15)4-2/h4,9H,2-3,5-8H2,1H3. The summed E-state index contributed by atoms with van der Waals surface area (Å²) in [5, 5.41) is 0. The van der Waals surface area contributed by atoms with E-state index in [1.807, 2.05) is 6.92 Å². The molecule has 1 unspecified atom stereocenters. The number of esters is 1. The Morgan fingerprint density at radius 3 is 2.50 bits per heavy atom. The first-order valence-corrected chi connectivity index (χ1v) is 5.28. The Hall–Kier alpha value is -1.00. The fourth-order valence-electron chi connectivity index (χ4n) is 1.30. The van der Waals surface area contributed by atoms with E-state index in [4.69, 9.17) is 0 Å². The molecule has 2 nitrogen and oxygen atoms in total. The number of rotatable bonds is 7. The van der Waals surface area contributed by atoms with Crippen molar-refractivity contribution in [2.45, 2.75) is 51.3 Å². The van der Waals surface area contributed by atoms with E-state index in [2.05, 4.69) is 11.3 Å². The SMILES string of the molecule is C=CC(=O)OC(CCCCC)CC(F)(F)F. The van der Waals surface area contributed by atoms with Crippen LogP contribution >= 0.6 is 0 Å². The van der Waals surface area contributed by atoms with Gasteiger partial charge in [0, 0.05) is 6.08 Å². The summed E-state index contributed by atoms with van der Waals surface area (Å²) in [5.41, 5.74) is 0. The van der Waals surface area contributed by atoms with Crippen LogP contribution < -0.4 is 0 Å². The first-order valence-electron chi connectivity index (χ1n) is 5.28. The molecular formula is C11H17F3O2. The fourth-order valence-corrected chi connectivity index (χ4v) is 1.30. The molecular weight excluding hydrogens is 221 g/mol. The second-order valence-corrected chi connectivity index (χ2v) is 3.58. The highest BCUT2D eigenvalue weighted by Crippen LogP contribution is 2.25. The van der Waals surface area contributed by atoms with Gasteiger partial charge in [0.05, 0.1) is 6.42 Å². The Balaban J connectivity index is 4.15. The van der Waals surface area contributed by atoms with E-state index in [1.54, 1.807) is 0 Å². The molecule has 0 aliphatic heterocycles. The van der Waals surface area contributed by atoms with Crippen molar-refractivity contribution in [3.8, 4) is 0 Å². The minimum Gasteiger partial charge on any atom is -0.459 e. The zero-order chi connectivity index (χ0) is 12.6. The molecule has 0 aliphatic rings. The summed E-state index contributed by atoms with van der Waals surface area (Å²) < 4.78 is 41.1. The lowest BCUT2D eigenvalue weighted by Crippen LogP contribution is -2.24. The largest absolute Gasteiger partial charge is 0.459 e. The predicted octanol–water partition coefficient (Wildman–Crippen LogP) is 3.62. The maximum atomic E-state index is 12.2. The molecule has 1 atom stereocenters. The molecule has 94 valence electrons. The van der Waals surface area contributed by atoms with Gasteiger partial charge in [0.1, 0.15) is 6.10 Å². The Morgan fingerprint density at radius 1 is 1.44 bits per heavy atom. The topological polar surface area (TPSA) is 26.3 Å². The molecule has 0 aromatic heterocycles. The van der Waals surface area contributed by atoms with Crippen LogP contribution in [-0.2, 0) is 9.53 Å². The van der Waals surface area contributed by atoms with E-state index in [-0.39, 0.29) is 6.42 Å². The second-order valence-electron chi connectivity index (χ2n) is 3.58. The molecule has 0 bridgehead atoms. The molecule has 0 rings (SSSR count). The molecule has 0 amide bonds. The summed E-state index contributed by atoms with van der Waals surface area (Å²) in [6.45, 7) is 5.10. The molecule has 0 aromatic carbocycles. The van der Waals surface area contributed by atoms with Gasteiger partial charge in [0.15, 0.2) is 0 Å². The lowest BCUT2D eigenvalue weighted by molar-refractivity contribution is -0.170. The van der Waals surface area contributed by atoms with Crippen molar-refractivity contribution in [3.05, 3.63) is 12.7 Å². The van der Waals surface area contributed by atoms with Crippen molar-refractivity contribution in [2.75, 3.05) is 0 Å². The van der Waals surface area contributed by atoms with Crippen molar-refractivity contribution in [1.82, 2.24) is 0 Å². The summed E-state index contributed by atoms with van der Waals surface area (Å²) in [4.78, 5) is 10.8. The molecule has 0 fully saturated rings. The molecule has 16 heavy (non-hydrogen) atoms. The fraction of sp³-hybridized carbons (Fsp3) is 0.727. The second kappa shape index (κ2) is 7.30. The van der Waals surface area contributed by atoms with E-state index >= 15 is 0 Å². The van der Waals surface area contributed by atoms with Gasteiger partial charge >= 0.3 is 12.1 Å². The molecule has 0 saturated carbocycles. The monoisotopic (exact) mass is 238 g/mol. The van der Waals surface area contributed by atoms with Gasteiger partial charge in [-0.15, -0.1) is 0 Å². The van der Waals surface area contributed by atoms with Crippen molar-refractivity contribution >= 4 is 5.97 Å². The van der Waals surface area contributed by atoms with E-state index in [0.717, 1.165) is 18.9 Å². The number of carbonyl (C=O) groups excluding carboxylic acids is 1. The lowest BCUT2D eigenvalue weighted by Gasteiger charge is -2.18. The molecule has 0 saturated heterocycles. The highest BCUT2D eigenvalue weighted by molar-refractivity contribution is 5.81. The molecule has 0 aliphatic carbocycles. The minimum absolute atomic E-state index is 0.243. The van der Waals surface area contributed by atoms with E-state index in [1.165, 1.54) is 0 Å². The van der Waals surface area contributed by atoms with Gasteiger partial charge in [-0.3, -0.25) is 0 Å². The van der Waals surface area contributed by atoms with Crippen LogP contribution in [0, 0.1) is 0 Å². The lowest BCUT2D eigenvalue weighted by atomic mass is 10.1. The van der Waals surface area contributed by atoms with Crippen LogP contribution in [0.5, 0.6) is 0 Å². The number of halogens is 3. The van der Waals surface area contributed by atoms with Crippen LogP contribution in [0.25, 0.3) is 0 Å². The van der Waals surface area contributed by atoms with Crippen molar-refractivity contribution in [3.63, 3.8) is 0 Å². The number of hydrogen-bond donors (Lipinski definition) is 0. The third kappa shape index (κ3) is 8.32. The smallest absolute Gasteiger partial charge is 0.392 e. The van der Waals surface area contributed by atoms with E-state index in [9.17, 15) is 18.0 Å². The normalized spacial score (nSPS) is 13.2. The summed E-state index contributed by atoms with van der Waals surface area (Å²) in [5.74, 6) is -0.800. The quantitative estimate of drug-likeness (QED) is 0.384. The third-order valence-corrected chi connectivity index (χ3v) is 2.04. The number of alkyl halides is 3. The Bertz CT molecular complexity index is 224. The van der Waals surface area contributed by atoms with Gasteiger partial charge in [0.2, 0.25) is 0 Å². The zero-order valence-electron chi connectivity index (χ0n) is 9.35. The van der Waals surface area contributed by atoms with Gasteiger partial charge in [-0.1, -0.05) is 26.3 Å². The van der Waals surface area contributed by atoms with E-state index in [0.29, 0.717) is 6.42 Å². The molecule has 0 spiro atoms. The maximum Gasteiger partial charge on any atom is 0.392 e. The zero-order valence-corrected chi connectivity index (χ0v) is 9.35. The molecule has 0 N–H and O–H groups in total. The average molecular weight is 238 g/mol. The maximum absolute atomic E-state index is 12.2. The molecule has 5 heteroatoms. The summed E-state index contributed by atoms with van der Waals surface area (Å²) in [6, 6.07) is 0. The first-order chi connectivity index (χ1) is 7.39. The van der Waals surface area contributed by atoms with Crippen LogP contribution in [0.3, 0.4) is 0 Å². The Morgan fingerprint density at radius 2 is 2.06 bits per heavy atom. The van der Waals surface area contributed by atoms with Crippen LogP contribution in [0.1, 0.15) is 39.0 Å². The molecule has 0 heterocycles. The predicted molar refractivity (Wildman–Crippen MR) is 54.9 cm³/mol. The third-order valence-electron chi connectivity index (χ3n) is 2.04. The number of carbonyl (C=O) groups is 1. The number of hydrogen-bond acceptors (Lipinski definition) is 2. The summed E-state index contributed by atoms with van der Waals surface area (Å²) in [6.07, 6.45) is -2.99. The molecule has 0 radical (unpaired) electrons. The van der Waals surface area contributed by atoms with Gasteiger partial charge in [-0.25, -0.2) is 4.79 Å². The summed E-state index contributed by atoms with van der Waals surface area (Å²) >= 11 is 0. The highest BCUT2D eigenvalue weighted by atomic mass is 19.4. The van der Waals surface area contributed by atoms with Crippen LogP contribution in [0.2, 0.25) is 0 Å². The van der Waals surface area contributed by atoms with Gasteiger partial charge < -0.3 is 4.74 Å². The van der Waals surface area contributed by atoms with E-state index < -0.39 is 24.7 Å².